The van der Waals surface area contributed by atoms with Gasteiger partial charge in [-0.3, -0.25) is 4.79 Å². The van der Waals surface area contributed by atoms with E-state index < -0.39 is 28.3 Å². The number of aromatic nitrogens is 1. The summed E-state index contributed by atoms with van der Waals surface area (Å²) in [4.78, 5) is 24.9. The molecule has 0 amide bonds. The number of nitrogens with one attached hydrogen (secondary N) is 1. The predicted molar refractivity (Wildman–Crippen MR) is 134 cm³/mol. The standard InChI is InChI=1S/C26H27ClFN3O4/c1-14(8-9-15-6-2-3-7-17(15)27)30-21-19(28)20(29)18-22-24(21)35-13-26(10-4-5-11-26)31(22)12-16(23(18)32)25(33)34/h2-3,6-7,12,14,30H,4-5,8-11,13,29H2,1H3,(H,33,34). The molecule has 2 aliphatic rings. The van der Waals surface area contributed by atoms with E-state index in [0.29, 0.717) is 23.4 Å². The Bertz CT molecular complexity index is 1400. The highest BCUT2D eigenvalue weighted by Gasteiger charge is 2.43. The number of pyridine rings is 1. The van der Waals surface area contributed by atoms with Crippen LogP contribution in [0.2, 0.25) is 5.02 Å². The van der Waals surface area contributed by atoms with Gasteiger partial charge < -0.3 is 25.5 Å². The van der Waals surface area contributed by atoms with Crippen molar-refractivity contribution in [2.75, 3.05) is 17.7 Å². The maximum atomic E-state index is 15.6. The number of fused-ring (bicyclic) bond motifs is 1. The normalized spacial score (nSPS) is 16.9. The number of anilines is 2. The molecule has 35 heavy (non-hydrogen) atoms. The number of ether oxygens (including phenoxy) is 1. The summed E-state index contributed by atoms with van der Waals surface area (Å²) in [6.07, 6.45) is 6.19. The van der Waals surface area contributed by atoms with E-state index in [1.165, 1.54) is 6.20 Å². The highest BCUT2D eigenvalue weighted by Crippen LogP contribution is 2.49. The van der Waals surface area contributed by atoms with Gasteiger partial charge in [0.1, 0.15) is 17.9 Å². The number of nitrogens with zero attached hydrogens (tertiary/aromatic N) is 1. The molecular formula is C26H27ClFN3O4. The number of carboxylic acid groups (broad SMARTS) is 1. The molecule has 2 heterocycles. The minimum atomic E-state index is -1.36. The summed E-state index contributed by atoms with van der Waals surface area (Å²) in [5, 5.41) is 13.4. The third-order valence-corrected chi connectivity index (χ3v) is 7.70. The smallest absolute Gasteiger partial charge is 0.341 e. The third-order valence-electron chi connectivity index (χ3n) is 7.33. The van der Waals surface area contributed by atoms with Crippen LogP contribution in [0.1, 0.15) is 54.9 Å². The molecule has 4 N–H and O–H groups in total. The Kier molecular flexibility index (Phi) is 5.87. The largest absolute Gasteiger partial charge is 0.487 e. The first kappa shape index (κ1) is 23.5. The molecule has 5 rings (SSSR count). The molecule has 9 heteroatoms. The van der Waals surface area contributed by atoms with Crippen molar-refractivity contribution in [3.8, 4) is 5.75 Å². The van der Waals surface area contributed by atoms with Crippen molar-refractivity contribution < 1.29 is 19.0 Å². The topological polar surface area (TPSA) is 107 Å². The number of nitrogen functional groups attached to an aromatic ring is 1. The van der Waals surface area contributed by atoms with Gasteiger partial charge in [-0.25, -0.2) is 9.18 Å². The maximum absolute atomic E-state index is 15.6. The van der Waals surface area contributed by atoms with Gasteiger partial charge in [0.15, 0.2) is 11.6 Å². The van der Waals surface area contributed by atoms with Gasteiger partial charge in [-0.2, -0.15) is 0 Å². The van der Waals surface area contributed by atoms with Crippen molar-refractivity contribution in [1.29, 1.82) is 0 Å². The number of benzene rings is 2. The van der Waals surface area contributed by atoms with Crippen LogP contribution in [0.4, 0.5) is 15.8 Å². The number of nitrogens with two attached hydrogens (primary N) is 1. The van der Waals surface area contributed by atoms with Crippen molar-refractivity contribution in [2.24, 2.45) is 0 Å². The van der Waals surface area contributed by atoms with E-state index in [9.17, 15) is 14.7 Å². The number of hydrogen-bond acceptors (Lipinski definition) is 5. The third kappa shape index (κ3) is 3.80. The van der Waals surface area contributed by atoms with E-state index in [1.807, 2.05) is 35.8 Å². The van der Waals surface area contributed by atoms with Crippen molar-refractivity contribution in [3.63, 3.8) is 0 Å². The highest BCUT2D eigenvalue weighted by molar-refractivity contribution is 6.31. The number of aryl methyl sites for hydroxylation is 1. The molecule has 1 atom stereocenters. The fourth-order valence-electron chi connectivity index (χ4n) is 5.43. The molecule has 1 aliphatic heterocycles. The Balaban J connectivity index is 1.61. The Labute approximate surface area is 206 Å². The van der Waals surface area contributed by atoms with Crippen molar-refractivity contribution in [2.45, 2.75) is 57.0 Å². The lowest BCUT2D eigenvalue weighted by Gasteiger charge is -2.39. The Morgan fingerprint density at radius 2 is 2.06 bits per heavy atom. The quantitative estimate of drug-likeness (QED) is 0.404. The summed E-state index contributed by atoms with van der Waals surface area (Å²) in [7, 11) is 0. The fraction of sp³-hybridized carbons (Fsp3) is 0.385. The maximum Gasteiger partial charge on any atom is 0.341 e. The van der Waals surface area contributed by atoms with E-state index in [1.54, 1.807) is 0 Å². The van der Waals surface area contributed by atoms with Gasteiger partial charge in [0.2, 0.25) is 5.43 Å². The summed E-state index contributed by atoms with van der Waals surface area (Å²) in [6.45, 7) is 2.19. The Morgan fingerprint density at radius 3 is 2.74 bits per heavy atom. The summed E-state index contributed by atoms with van der Waals surface area (Å²) >= 11 is 6.27. The Morgan fingerprint density at radius 1 is 1.34 bits per heavy atom. The first-order chi connectivity index (χ1) is 16.7. The number of carbonyl (C=O) groups is 1. The average molecular weight is 500 g/mol. The number of rotatable bonds is 6. The lowest BCUT2D eigenvalue weighted by Crippen LogP contribution is -2.42. The van der Waals surface area contributed by atoms with Crippen molar-refractivity contribution >= 4 is 39.8 Å². The lowest BCUT2D eigenvalue weighted by molar-refractivity contribution is 0.0692. The van der Waals surface area contributed by atoms with Crippen LogP contribution in [0.15, 0.2) is 35.3 Å². The van der Waals surface area contributed by atoms with E-state index in [2.05, 4.69) is 5.32 Å². The second-order valence-electron chi connectivity index (χ2n) is 9.60. The van der Waals surface area contributed by atoms with Crippen molar-refractivity contribution in [3.05, 3.63) is 62.7 Å². The molecule has 0 radical (unpaired) electrons. The second kappa shape index (κ2) is 8.75. The van der Waals surface area contributed by atoms with Crippen LogP contribution in [-0.4, -0.2) is 28.3 Å². The van der Waals surface area contributed by atoms with Gasteiger partial charge in [0.25, 0.3) is 0 Å². The molecule has 1 spiro atoms. The van der Waals surface area contributed by atoms with Gasteiger partial charge in [-0.05, 0) is 44.2 Å². The van der Waals surface area contributed by atoms with Gasteiger partial charge in [0.05, 0.1) is 22.1 Å². The van der Waals surface area contributed by atoms with Crippen LogP contribution in [0, 0.1) is 5.82 Å². The van der Waals surface area contributed by atoms with Gasteiger partial charge in [-0.1, -0.05) is 42.6 Å². The number of hydrogen-bond donors (Lipinski definition) is 3. The zero-order valence-electron chi connectivity index (χ0n) is 19.4. The minimum absolute atomic E-state index is 0.0886. The summed E-state index contributed by atoms with van der Waals surface area (Å²) in [5.41, 5.74) is 5.52. The first-order valence-corrected chi connectivity index (χ1v) is 12.2. The van der Waals surface area contributed by atoms with Crippen LogP contribution < -0.4 is 21.2 Å². The number of carboxylic acids is 1. The lowest BCUT2D eigenvalue weighted by atomic mass is 9.93. The van der Waals surface area contributed by atoms with Gasteiger partial charge in [-0.15, -0.1) is 0 Å². The molecule has 1 aromatic heterocycles. The average Bonchev–Trinajstić information content (AvgIpc) is 3.30. The summed E-state index contributed by atoms with van der Waals surface area (Å²) in [6, 6.07) is 7.41. The summed E-state index contributed by atoms with van der Waals surface area (Å²) in [5.74, 6) is -1.98. The molecule has 7 nitrogen and oxygen atoms in total. The molecule has 184 valence electrons. The van der Waals surface area contributed by atoms with Gasteiger partial charge >= 0.3 is 5.97 Å². The zero-order valence-corrected chi connectivity index (χ0v) is 20.1. The highest BCUT2D eigenvalue weighted by atomic mass is 35.5. The second-order valence-corrected chi connectivity index (χ2v) is 10.0. The van der Waals surface area contributed by atoms with Gasteiger partial charge in [0, 0.05) is 17.3 Å². The molecule has 2 aromatic carbocycles. The molecule has 1 aliphatic carbocycles. The molecule has 1 fully saturated rings. The molecule has 1 saturated carbocycles. The van der Waals surface area contributed by atoms with E-state index in [4.69, 9.17) is 22.1 Å². The SMILES string of the molecule is CC(CCc1ccccc1Cl)Nc1c(F)c(N)c2c(=O)c(C(=O)O)cn3c2c1OCC31CCCC1. The minimum Gasteiger partial charge on any atom is -0.487 e. The van der Waals surface area contributed by atoms with E-state index in [-0.39, 0.29) is 35.2 Å². The van der Waals surface area contributed by atoms with Crippen LogP contribution in [0.3, 0.4) is 0 Å². The molecular weight excluding hydrogens is 473 g/mol. The monoisotopic (exact) mass is 499 g/mol. The number of aromatic carboxylic acids is 1. The summed E-state index contributed by atoms with van der Waals surface area (Å²) < 4.78 is 23.6. The van der Waals surface area contributed by atoms with Crippen molar-refractivity contribution in [1.82, 2.24) is 4.57 Å². The molecule has 0 bridgehead atoms. The number of halogens is 2. The molecule has 1 unspecified atom stereocenters. The van der Waals surface area contributed by atoms with E-state index in [0.717, 1.165) is 31.2 Å². The zero-order chi connectivity index (χ0) is 24.9. The van der Waals surface area contributed by atoms with Crippen LogP contribution in [0.5, 0.6) is 5.75 Å². The molecule has 3 aromatic rings. The van der Waals surface area contributed by atoms with E-state index >= 15 is 4.39 Å². The van der Waals surface area contributed by atoms with Crippen LogP contribution >= 0.6 is 11.6 Å². The Hall–Kier alpha value is -3.26. The predicted octanol–water partition coefficient (Wildman–Crippen LogP) is 5.17. The van der Waals surface area contributed by atoms with Crippen LogP contribution in [-0.2, 0) is 12.0 Å². The fourth-order valence-corrected chi connectivity index (χ4v) is 5.66. The molecule has 0 saturated heterocycles. The first-order valence-electron chi connectivity index (χ1n) is 11.8. The van der Waals surface area contributed by atoms with Crippen LogP contribution in [0.25, 0.3) is 10.9 Å².